The fourth-order valence-electron chi connectivity index (χ4n) is 2.52. The summed E-state index contributed by atoms with van der Waals surface area (Å²) in [5.74, 6) is 0.844. The number of amides is 1. The second-order valence-electron chi connectivity index (χ2n) is 6.01. The van der Waals surface area contributed by atoms with E-state index in [0.717, 1.165) is 31.9 Å². The predicted octanol–water partition coefficient (Wildman–Crippen LogP) is 0.543. The molecule has 1 heterocycles. The fraction of sp³-hybridized carbons (Fsp3) is 0.750. The number of guanidine groups is 1. The zero-order valence-electron chi connectivity index (χ0n) is 14.8. The number of nitrogens with one attached hydrogen (secondary N) is 2. The van der Waals surface area contributed by atoms with Gasteiger partial charge in [-0.1, -0.05) is 6.08 Å². The molecule has 7 nitrogen and oxygen atoms in total. The third kappa shape index (κ3) is 7.81. The minimum Gasteiger partial charge on any atom is -0.357 e. The first-order valence-corrected chi connectivity index (χ1v) is 10.3. The van der Waals surface area contributed by atoms with Crippen molar-refractivity contribution in [1.82, 2.24) is 15.5 Å². The van der Waals surface area contributed by atoms with E-state index in [9.17, 15) is 13.2 Å². The molecule has 0 radical (unpaired) electrons. The lowest BCUT2D eigenvalue weighted by atomic mass is 10.2. The molecule has 1 fully saturated rings. The fourth-order valence-corrected chi connectivity index (χ4v) is 4.19. The predicted molar refractivity (Wildman–Crippen MR) is 97.9 cm³/mol. The molecule has 138 valence electrons. The van der Waals surface area contributed by atoms with Crippen LogP contribution in [0.4, 0.5) is 0 Å². The van der Waals surface area contributed by atoms with Crippen molar-refractivity contribution in [3.05, 3.63) is 12.7 Å². The van der Waals surface area contributed by atoms with Gasteiger partial charge in [-0.25, -0.2) is 8.42 Å². The first kappa shape index (κ1) is 20.5. The van der Waals surface area contributed by atoms with Crippen LogP contribution in [0.15, 0.2) is 17.6 Å². The number of hydrogen-bond donors (Lipinski definition) is 2. The number of allylic oxidation sites excluding steroid dienone is 1. The average molecular weight is 359 g/mol. The van der Waals surface area contributed by atoms with Crippen LogP contribution in [0.2, 0.25) is 0 Å². The minimum atomic E-state index is -2.97. The van der Waals surface area contributed by atoms with Crippen LogP contribution in [0, 0.1) is 0 Å². The maximum absolute atomic E-state index is 11.9. The van der Waals surface area contributed by atoms with Gasteiger partial charge in [0.2, 0.25) is 5.91 Å². The Hall–Kier alpha value is -1.57. The Morgan fingerprint density at radius 3 is 2.79 bits per heavy atom. The molecule has 0 aromatic rings. The molecule has 2 N–H and O–H groups in total. The quantitative estimate of drug-likeness (QED) is 0.272. The topological polar surface area (TPSA) is 90.9 Å². The van der Waals surface area contributed by atoms with Crippen molar-refractivity contribution in [3.63, 3.8) is 0 Å². The van der Waals surface area contributed by atoms with E-state index in [1.165, 1.54) is 0 Å². The zero-order chi connectivity index (χ0) is 18.0. The molecule has 0 aliphatic carbocycles. The summed E-state index contributed by atoms with van der Waals surface area (Å²) in [5, 5.41) is 5.98. The molecular formula is C16H30N4O3S. The molecule has 1 atom stereocenters. The van der Waals surface area contributed by atoms with Gasteiger partial charge in [-0.15, -0.1) is 6.58 Å². The molecule has 8 heteroatoms. The van der Waals surface area contributed by atoms with Gasteiger partial charge in [-0.2, -0.15) is 0 Å². The van der Waals surface area contributed by atoms with E-state index < -0.39 is 9.84 Å². The van der Waals surface area contributed by atoms with E-state index in [0.29, 0.717) is 13.0 Å². The van der Waals surface area contributed by atoms with Crippen molar-refractivity contribution in [2.75, 3.05) is 38.2 Å². The Morgan fingerprint density at radius 2 is 2.21 bits per heavy atom. The van der Waals surface area contributed by atoms with Crippen LogP contribution in [0.1, 0.15) is 32.6 Å². The first-order chi connectivity index (χ1) is 11.4. The lowest BCUT2D eigenvalue weighted by Gasteiger charge is -2.21. The van der Waals surface area contributed by atoms with E-state index in [1.807, 2.05) is 24.9 Å². The molecule has 0 saturated carbocycles. The lowest BCUT2D eigenvalue weighted by Crippen LogP contribution is -2.40. The molecule has 24 heavy (non-hydrogen) atoms. The van der Waals surface area contributed by atoms with Crippen LogP contribution >= 0.6 is 0 Å². The molecule has 1 amide bonds. The third-order valence-electron chi connectivity index (χ3n) is 3.80. The summed E-state index contributed by atoms with van der Waals surface area (Å²) >= 11 is 0. The highest BCUT2D eigenvalue weighted by atomic mass is 32.2. The number of unbranched alkanes of at least 4 members (excludes halogenated alkanes) is 1. The van der Waals surface area contributed by atoms with Gasteiger partial charge in [0, 0.05) is 32.6 Å². The van der Waals surface area contributed by atoms with E-state index in [-0.39, 0.29) is 29.9 Å². The zero-order valence-corrected chi connectivity index (χ0v) is 15.6. The molecule has 0 spiro atoms. The normalized spacial score (nSPS) is 19.8. The number of carbonyl (C=O) groups is 1. The molecule has 1 unspecified atom stereocenters. The van der Waals surface area contributed by atoms with Gasteiger partial charge in [0.05, 0.1) is 18.1 Å². The smallest absolute Gasteiger partial charge is 0.222 e. The van der Waals surface area contributed by atoms with E-state index >= 15 is 0 Å². The summed E-state index contributed by atoms with van der Waals surface area (Å²) in [7, 11) is -1.00. The molecule has 1 saturated heterocycles. The number of sulfone groups is 1. The molecule has 1 rings (SSSR count). The summed E-state index contributed by atoms with van der Waals surface area (Å²) < 4.78 is 22.8. The van der Waals surface area contributed by atoms with Gasteiger partial charge >= 0.3 is 0 Å². The highest BCUT2D eigenvalue weighted by Gasteiger charge is 2.28. The monoisotopic (exact) mass is 358 g/mol. The minimum absolute atomic E-state index is 0.0523. The number of aliphatic imine (C=N–C) groups is 1. The number of rotatable bonds is 9. The van der Waals surface area contributed by atoms with Gasteiger partial charge in [-0.05, 0) is 26.2 Å². The van der Waals surface area contributed by atoms with Crippen LogP contribution in [-0.4, -0.2) is 69.4 Å². The van der Waals surface area contributed by atoms with Gasteiger partial charge in [-0.3, -0.25) is 9.79 Å². The highest BCUT2D eigenvalue weighted by molar-refractivity contribution is 7.91. The third-order valence-corrected chi connectivity index (χ3v) is 5.56. The van der Waals surface area contributed by atoms with Gasteiger partial charge in [0.25, 0.3) is 0 Å². The maximum Gasteiger partial charge on any atom is 0.222 e. The molecule has 0 aromatic carbocycles. The first-order valence-electron chi connectivity index (χ1n) is 8.48. The SMILES string of the molecule is C=CCCCN(C)C(=NCCC(=O)NC1CCS(=O)(=O)C1)NCC. The van der Waals surface area contributed by atoms with E-state index in [4.69, 9.17) is 0 Å². The Bertz CT molecular complexity index is 546. The van der Waals surface area contributed by atoms with E-state index in [2.05, 4.69) is 22.2 Å². The second-order valence-corrected chi connectivity index (χ2v) is 8.23. The van der Waals surface area contributed by atoms with Crippen LogP contribution in [0.3, 0.4) is 0 Å². The summed E-state index contributed by atoms with van der Waals surface area (Å²) in [4.78, 5) is 18.4. The second kappa shape index (κ2) is 10.3. The van der Waals surface area contributed by atoms with Crippen LogP contribution in [-0.2, 0) is 14.6 Å². The Labute approximate surface area is 145 Å². The van der Waals surface area contributed by atoms with Crippen LogP contribution in [0.5, 0.6) is 0 Å². The summed E-state index contributed by atoms with van der Waals surface area (Å²) in [6.45, 7) is 7.71. The van der Waals surface area contributed by atoms with Gasteiger partial charge in [0.15, 0.2) is 15.8 Å². The van der Waals surface area contributed by atoms with Crippen molar-refractivity contribution in [2.24, 2.45) is 4.99 Å². The molecule has 0 aromatic heterocycles. The molecular weight excluding hydrogens is 328 g/mol. The van der Waals surface area contributed by atoms with Crippen molar-refractivity contribution in [2.45, 2.75) is 38.6 Å². The maximum atomic E-state index is 11.9. The van der Waals surface area contributed by atoms with Gasteiger partial charge in [0.1, 0.15) is 0 Å². The Balaban J connectivity index is 2.39. The summed E-state index contributed by atoms with van der Waals surface area (Å²) in [6, 6.07) is -0.249. The standard InChI is InChI=1S/C16H30N4O3S/c1-4-6-7-11-20(3)16(17-5-2)18-10-8-15(21)19-14-9-12-24(22,23)13-14/h4,14H,1,5-13H2,2-3H3,(H,17,18)(H,19,21). The van der Waals surface area contributed by atoms with E-state index in [1.54, 1.807) is 0 Å². The largest absolute Gasteiger partial charge is 0.357 e. The molecule has 1 aliphatic heterocycles. The number of carbonyl (C=O) groups excluding carboxylic acids is 1. The summed E-state index contributed by atoms with van der Waals surface area (Å²) in [5.41, 5.74) is 0. The molecule has 0 bridgehead atoms. The lowest BCUT2D eigenvalue weighted by molar-refractivity contribution is -0.121. The highest BCUT2D eigenvalue weighted by Crippen LogP contribution is 2.11. The number of hydrogen-bond acceptors (Lipinski definition) is 4. The Kier molecular flexibility index (Phi) is 8.81. The van der Waals surface area contributed by atoms with Gasteiger partial charge < -0.3 is 15.5 Å². The molecule has 1 aliphatic rings. The van der Waals surface area contributed by atoms with Crippen molar-refractivity contribution in [1.29, 1.82) is 0 Å². The van der Waals surface area contributed by atoms with Crippen LogP contribution < -0.4 is 10.6 Å². The van der Waals surface area contributed by atoms with Crippen molar-refractivity contribution in [3.8, 4) is 0 Å². The van der Waals surface area contributed by atoms with Crippen molar-refractivity contribution >= 4 is 21.7 Å². The van der Waals surface area contributed by atoms with Crippen molar-refractivity contribution < 1.29 is 13.2 Å². The number of nitrogens with zero attached hydrogens (tertiary/aromatic N) is 2. The Morgan fingerprint density at radius 1 is 1.46 bits per heavy atom. The summed E-state index contributed by atoms with van der Waals surface area (Å²) in [6.07, 6.45) is 4.61. The average Bonchev–Trinajstić information content (AvgIpc) is 2.85. The van der Waals surface area contributed by atoms with Crippen LogP contribution in [0.25, 0.3) is 0 Å².